The fourth-order valence-electron chi connectivity index (χ4n) is 2.46. The van der Waals surface area contributed by atoms with Crippen LogP contribution in [0.3, 0.4) is 0 Å². The molecule has 1 aliphatic heterocycles. The van der Waals surface area contributed by atoms with Crippen LogP contribution in [0.2, 0.25) is 0 Å². The van der Waals surface area contributed by atoms with Crippen LogP contribution in [0.1, 0.15) is 31.2 Å². The zero-order chi connectivity index (χ0) is 13.7. The molecule has 2 rings (SSSR count). The molecule has 4 heteroatoms. The lowest BCUT2D eigenvalue weighted by Crippen LogP contribution is -2.34. The van der Waals surface area contributed by atoms with Crippen molar-refractivity contribution in [1.82, 2.24) is 5.32 Å². The fraction of sp³-hybridized carbons (Fsp3) is 0.533. The van der Waals surface area contributed by atoms with E-state index in [1.807, 2.05) is 23.9 Å². The quantitative estimate of drug-likeness (QED) is 0.840. The maximum atomic E-state index is 12.0. The molecular formula is C15H22N2OS. The summed E-state index contributed by atoms with van der Waals surface area (Å²) in [7, 11) is 0. The summed E-state index contributed by atoms with van der Waals surface area (Å²) in [5.41, 5.74) is 2.45. The van der Waals surface area contributed by atoms with Gasteiger partial charge in [-0.2, -0.15) is 11.8 Å². The summed E-state index contributed by atoms with van der Waals surface area (Å²) in [4.78, 5) is 12.0. The molecule has 0 aromatic heterocycles. The fourth-order valence-corrected chi connectivity index (χ4v) is 3.05. The van der Waals surface area contributed by atoms with Gasteiger partial charge < -0.3 is 10.6 Å². The predicted molar refractivity (Wildman–Crippen MR) is 82.9 cm³/mol. The lowest BCUT2D eigenvalue weighted by Gasteiger charge is -2.15. The van der Waals surface area contributed by atoms with E-state index in [2.05, 4.69) is 35.9 Å². The van der Waals surface area contributed by atoms with Gasteiger partial charge in [0, 0.05) is 30.6 Å². The molecule has 1 aromatic carbocycles. The van der Waals surface area contributed by atoms with Crippen LogP contribution < -0.4 is 10.6 Å². The van der Waals surface area contributed by atoms with Crippen molar-refractivity contribution in [3.05, 3.63) is 29.8 Å². The van der Waals surface area contributed by atoms with E-state index in [4.69, 9.17) is 0 Å². The summed E-state index contributed by atoms with van der Waals surface area (Å²) in [5, 5.41) is 6.45. The Morgan fingerprint density at radius 3 is 3.11 bits per heavy atom. The number of carbonyl (C=O) groups is 1. The molecule has 0 aliphatic carbocycles. The molecule has 3 nitrogen and oxygen atoms in total. The normalized spacial score (nSPS) is 18.5. The van der Waals surface area contributed by atoms with Crippen molar-refractivity contribution in [1.29, 1.82) is 0 Å². The van der Waals surface area contributed by atoms with E-state index in [0.29, 0.717) is 12.3 Å². The van der Waals surface area contributed by atoms with Crippen molar-refractivity contribution in [2.45, 2.75) is 31.7 Å². The maximum absolute atomic E-state index is 12.0. The van der Waals surface area contributed by atoms with Crippen molar-refractivity contribution in [2.75, 3.05) is 23.9 Å². The zero-order valence-electron chi connectivity index (χ0n) is 11.6. The Morgan fingerprint density at radius 1 is 1.53 bits per heavy atom. The minimum absolute atomic E-state index is 0.164. The van der Waals surface area contributed by atoms with E-state index in [9.17, 15) is 4.79 Å². The highest BCUT2D eigenvalue weighted by Gasteiger charge is 2.24. The van der Waals surface area contributed by atoms with E-state index in [0.717, 1.165) is 18.7 Å². The lowest BCUT2D eigenvalue weighted by molar-refractivity contribution is -0.122. The number of carbonyl (C=O) groups excluding carboxylic acids is 1. The SMILES string of the molecule is CSCCC(C)NC(=O)CC1CNc2ccccc21. The smallest absolute Gasteiger partial charge is 0.220 e. The number of anilines is 1. The van der Waals surface area contributed by atoms with Gasteiger partial charge in [0.15, 0.2) is 0 Å². The van der Waals surface area contributed by atoms with Crippen molar-refractivity contribution in [2.24, 2.45) is 0 Å². The van der Waals surface area contributed by atoms with Crippen molar-refractivity contribution in [3.63, 3.8) is 0 Å². The number of amides is 1. The number of hydrogen-bond donors (Lipinski definition) is 2. The van der Waals surface area contributed by atoms with Crippen LogP contribution in [0.15, 0.2) is 24.3 Å². The summed E-state index contributed by atoms with van der Waals surface area (Å²) < 4.78 is 0. The summed E-state index contributed by atoms with van der Waals surface area (Å²) in [6.07, 6.45) is 3.70. The Kier molecular flexibility index (Phi) is 5.14. The number of benzene rings is 1. The number of fused-ring (bicyclic) bond motifs is 1. The summed E-state index contributed by atoms with van der Waals surface area (Å²) in [5.74, 6) is 1.57. The number of rotatable bonds is 6. The molecule has 19 heavy (non-hydrogen) atoms. The average molecular weight is 278 g/mol. The summed E-state index contributed by atoms with van der Waals surface area (Å²) in [6, 6.07) is 8.53. The third kappa shape index (κ3) is 3.90. The van der Waals surface area contributed by atoms with E-state index >= 15 is 0 Å². The molecule has 2 unspecified atom stereocenters. The molecule has 2 atom stereocenters. The van der Waals surface area contributed by atoms with E-state index in [1.54, 1.807) is 0 Å². The van der Waals surface area contributed by atoms with E-state index < -0.39 is 0 Å². The van der Waals surface area contributed by atoms with Crippen LogP contribution in [0.5, 0.6) is 0 Å². The molecule has 1 aliphatic rings. The van der Waals surface area contributed by atoms with Crippen molar-refractivity contribution < 1.29 is 4.79 Å². The average Bonchev–Trinajstić information content (AvgIpc) is 2.80. The highest BCUT2D eigenvalue weighted by molar-refractivity contribution is 7.98. The predicted octanol–water partition coefficient (Wildman–Crippen LogP) is 2.84. The zero-order valence-corrected chi connectivity index (χ0v) is 12.4. The molecule has 2 N–H and O–H groups in total. The molecule has 1 aromatic rings. The van der Waals surface area contributed by atoms with Gasteiger partial charge in [0.2, 0.25) is 5.91 Å². The molecule has 1 heterocycles. The van der Waals surface area contributed by atoms with E-state index in [-0.39, 0.29) is 11.9 Å². The highest BCUT2D eigenvalue weighted by atomic mass is 32.2. The first kappa shape index (κ1) is 14.3. The van der Waals surface area contributed by atoms with Gasteiger partial charge in [0.1, 0.15) is 0 Å². The number of hydrogen-bond acceptors (Lipinski definition) is 3. The lowest BCUT2D eigenvalue weighted by atomic mass is 9.97. The Bertz CT molecular complexity index is 436. The van der Waals surface area contributed by atoms with Crippen LogP contribution in [-0.2, 0) is 4.79 Å². The minimum atomic E-state index is 0.164. The monoisotopic (exact) mass is 278 g/mol. The Balaban J connectivity index is 1.84. The first-order chi connectivity index (χ1) is 9.20. The van der Waals surface area contributed by atoms with Gasteiger partial charge in [-0.05, 0) is 37.0 Å². The molecule has 1 amide bonds. The first-order valence-electron chi connectivity index (χ1n) is 6.81. The van der Waals surface area contributed by atoms with Crippen LogP contribution in [0.25, 0.3) is 0 Å². The van der Waals surface area contributed by atoms with Crippen LogP contribution in [-0.4, -0.2) is 30.5 Å². The summed E-state index contributed by atoms with van der Waals surface area (Å²) >= 11 is 1.82. The largest absolute Gasteiger partial charge is 0.384 e. The molecule has 0 radical (unpaired) electrons. The van der Waals surface area contributed by atoms with Crippen LogP contribution in [0, 0.1) is 0 Å². The second-order valence-corrected chi connectivity index (χ2v) is 6.10. The van der Waals surface area contributed by atoms with Gasteiger partial charge in [0.05, 0.1) is 0 Å². The molecule has 0 saturated heterocycles. The van der Waals surface area contributed by atoms with Gasteiger partial charge in [-0.25, -0.2) is 0 Å². The molecule has 0 fully saturated rings. The van der Waals surface area contributed by atoms with Gasteiger partial charge in [-0.3, -0.25) is 4.79 Å². The second-order valence-electron chi connectivity index (χ2n) is 5.12. The standard InChI is InChI=1S/C15H22N2OS/c1-11(7-8-19-2)17-15(18)9-12-10-16-14-6-4-3-5-13(12)14/h3-6,11-12,16H,7-10H2,1-2H3,(H,17,18). The van der Waals surface area contributed by atoms with Crippen LogP contribution >= 0.6 is 11.8 Å². The van der Waals surface area contributed by atoms with Crippen molar-refractivity contribution in [3.8, 4) is 0 Å². The summed E-state index contributed by atoms with van der Waals surface area (Å²) in [6.45, 7) is 2.95. The molecule has 104 valence electrons. The molecule has 0 bridgehead atoms. The van der Waals surface area contributed by atoms with Gasteiger partial charge in [0.25, 0.3) is 0 Å². The number of nitrogens with one attached hydrogen (secondary N) is 2. The topological polar surface area (TPSA) is 41.1 Å². The highest BCUT2D eigenvalue weighted by Crippen LogP contribution is 2.33. The minimum Gasteiger partial charge on any atom is -0.384 e. The number of para-hydroxylation sites is 1. The Hall–Kier alpha value is -1.16. The Labute approximate surface area is 119 Å². The van der Waals surface area contributed by atoms with Crippen molar-refractivity contribution >= 4 is 23.4 Å². The Morgan fingerprint density at radius 2 is 2.32 bits per heavy atom. The second kappa shape index (κ2) is 6.85. The third-order valence-electron chi connectivity index (χ3n) is 3.53. The first-order valence-corrected chi connectivity index (χ1v) is 8.21. The molecular weight excluding hydrogens is 256 g/mol. The van der Waals surface area contributed by atoms with Gasteiger partial charge in [-0.1, -0.05) is 18.2 Å². The van der Waals surface area contributed by atoms with Gasteiger partial charge in [-0.15, -0.1) is 0 Å². The van der Waals surface area contributed by atoms with Crippen LogP contribution in [0.4, 0.5) is 5.69 Å². The third-order valence-corrected chi connectivity index (χ3v) is 4.18. The van der Waals surface area contributed by atoms with Gasteiger partial charge >= 0.3 is 0 Å². The van der Waals surface area contributed by atoms with E-state index in [1.165, 1.54) is 11.3 Å². The maximum Gasteiger partial charge on any atom is 0.220 e. The molecule has 0 spiro atoms. The number of thioether (sulfide) groups is 1. The molecule has 0 saturated carbocycles.